The van der Waals surface area contributed by atoms with Crippen LogP contribution in [0.5, 0.6) is 5.75 Å². The van der Waals surface area contributed by atoms with E-state index in [1.807, 2.05) is 26.0 Å². The SMILES string of the molecule is CC(C)NC(=O)c1ccc(N=Nc2cc(C(C)(C)C)ccc2O)cc1. The molecule has 0 atom stereocenters. The van der Waals surface area contributed by atoms with Crippen LogP contribution in [0, 0.1) is 0 Å². The van der Waals surface area contributed by atoms with Crippen LogP contribution in [0.3, 0.4) is 0 Å². The Bertz CT molecular complexity index is 773. The van der Waals surface area contributed by atoms with Crippen molar-refractivity contribution in [2.24, 2.45) is 10.2 Å². The first kappa shape index (κ1) is 18.6. The van der Waals surface area contributed by atoms with E-state index >= 15 is 0 Å². The molecule has 2 aromatic carbocycles. The van der Waals surface area contributed by atoms with Crippen LogP contribution >= 0.6 is 0 Å². The van der Waals surface area contributed by atoms with Crippen LogP contribution in [0.1, 0.15) is 50.5 Å². The summed E-state index contributed by atoms with van der Waals surface area (Å²) in [6, 6.07) is 12.3. The van der Waals surface area contributed by atoms with E-state index in [0.717, 1.165) is 5.56 Å². The minimum atomic E-state index is -0.117. The second-order valence-electron chi connectivity index (χ2n) is 7.33. The standard InChI is InChI=1S/C20H25N3O2/c1-13(2)21-19(25)14-6-9-16(10-7-14)22-23-17-12-15(20(3,4)5)8-11-18(17)24/h6-13,24H,1-5H3,(H,21,25). The number of phenolic OH excluding ortho intramolecular Hbond substituents is 1. The first-order valence-electron chi connectivity index (χ1n) is 8.33. The highest BCUT2D eigenvalue weighted by atomic mass is 16.3. The predicted molar refractivity (Wildman–Crippen MR) is 100 cm³/mol. The molecule has 2 aromatic rings. The lowest BCUT2D eigenvalue weighted by Gasteiger charge is -2.19. The molecule has 0 aliphatic carbocycles. The van der Waals surface area contributed by atoms with Crippen LogP contribution in [0.2, 0.25) is 0 Å². The molecule has 25 heavy (non-hydrogen) atoms. The van der Waals surface area contributed by atoms with Crippen molar-refractivity contribution in [1.82, 2.24) is 5.32 Å². The highest BCUT2D eigenvalue weighted by Crippen LogP contribution is 2.33. The summed E-state index contributed by atoms with van der Waals surface area (Å²) in [7, 11) is 0. The van der Waals surface area contributed by atoms with Crippen molar-refractivity contribution in [2.45, 2.75) is 46.1 Å². The maximum atomic E-state index is 11.9. The number of aromatic hydroxyl groups is 1. The molecule has 0 unspecified atom stereocenters. The summed E-state index contributed by atoms with van der Waals surface area (Å²) in [4.78, 5) is 11.9. The van der Waals surface area contributed by atoms with E-state index in [0.29, 0.717) is 16.9 Å². The molecule has 0 fully saturated rings. The molecule has 5 heteroatoms. The average Bonchev–Trinajstić information content (AvgIpc) is 2.53. The monoisotopic (exact) mass is 339 g/mol. The summed E-state index contributed by atoms with van der Waals surface area (Å²) in [6.07, 6.45) is 0. The molecule has 5 nitrogen and oxygen atoms in total. The van der Waals surface area contributed by atoms with Gasteiger partial charge in [0, 0.05) is 11.6 Å². The molecule has 0 bridgehead atoms. The molecule has 2 rings (SSSR count). The molecule has 0 aliphatic heterocycles. The number of hydrogen-bond donors (Lipinski definition) is 2. The Morgan fingerprint density at radius 3 is 2.24 bits per heavy atom. The van der Waals surface area contributed by atoms with Crippen molar-refractivity contribution in [3.8, 4) is 5.75 Å². The number of amides is 1. The third kappa shape index (κ3) is 5.14. The first-order valence-corrected chi connectivity index (χ1v) is 8.33. The molecule has 0 saturated carbocycles. The van der Waals surface area contributed by atoms with Gasteiger partial charge in [-0.25, -0.2) is 0 Å². The van der Waals surface area contributed by atoms with E-state index in [2.05, 4.69) is 36.3 Å². The Kier molecular flexibility index (Phi) is 5.57. The predicted octanol–water partition coefficient (Wildman–Crippen LogP) is 5.24. The molecule has 0 spiro atoms. The number of hydrogen-bond acceptors (Lipinski definition) is 4. The Hall–Kier alpha value is -2.69. The van der Waals surface area contributed by atoms with Crippen LogP contribution in [0.4, 0.5) is 11.4 Å². The smallest absolute Gasteiger partial charge is 0.251 e. The molecule has 0 saturated heterocycles. The van der Waals surface area contributed by atoms with Gasteiger partial charge in [-0.1, -0.05) is 26.8 Å². The fourth-order valence-corrected chi connectivity index (χ4v) is 2.21. The average molecular weight is 339 g/mol. The van der Waals surface area contributed by atoms with Gasteiger partial charge in [-0.05, 0) is 61.2 Å². The van der Waals surface area contributed by atoms with Gasteiger partial charge in [0.2, 0.25) is 0 Å². The summed E-state index contributed by atoms with van der Waals surface area (Å²) in [5, 5.41) is 21.1. The molecule has 1 amide bonds. The van der Waals surface area contributed by atoms with Crippen molar-refractivity contribution in [3.05, 3.63) is 53.6 Å². The van der Waals surface area contributed by atoms with Crippen molar-refractivity contribution in [3.63, 3.8) is 0 Å². The van der Waals surface area contributed by atoms with Gasteiger partial charge >= 0.3 is 0 Å². The lowest BCUT2D eigenvalue weighted by molar-refractivity contribution is 0.0943. The molecular weight excluding hydrogens is 314 g/mol. The highest BCUT2D eigenvalue weighted by Gasteiger charge is 2.15. The quantitative estimate of drug-likeness (QED) is 0.747. The lowest BCUT2D eigenvalue weighted by Crippen LogP contribution is -2.29. The van der Waals surface area contributed by atoms with Gasteiger partial charge in [0.25, 0.3) is 5.91 Å². The van der Waals surface area contributed by atoms with Gasteiger partial charge < -0.3 is 10.4 Å². The van der Waals surface area contributed by atoms with Gasteiger partial charge in [0.1, 0.15) is 11.4 Å². The lowest BCUT2D eigenvalue weighted by atomic mass is 9.87. The fourth-order valence-electron chi connectivity index (χ4n) is 2.21. The number of carbonyl (C=O) groups excluding carboxylic acids is 1. The Balaban J connectivity index is 2.18. The summed E-state index contributed by atoms with van der Waals surface area (Å²) >= 11 is 0. The Morgan fingerprint density at radius 2 is 1.68 bits per heavy atom. The van der Waals surface area contributed by atoms with Gasteiger partial charge in [-0.2, -0.15) is 5.11 Å². The largest absolute Gasteiger partial charge is 0.506 e. The van der Waals surface area contributed by atoms with Gasteiger partial charge in [0.15, 0.2) is 0 Å². The Morgan fingerprint density at radius 1 is 1.04 bits per heavy atom. The molecule has 0 radical (unpaired) electrons. The summed E-state index contributed by atoms with van der Waals surface area (Å²) in [5.74, 6) is -0.0290. The molecule has 0 aromatic heterocycles. The zero-order valence-corrected chi connectivity index (χ0v) is 15.4. The van der Waals surface area contributed by atoms with Gasteiger partial charge in [-0.15, -0.1) is 5.11 Å². The topological polar surface area (TPSA) is 74.0 Å². The van der Waals surface area contributed by atoms with Crippen molar-refractivity contribution >= 4 is 17.3 Å². The van der Waals surface area contributed by atoms with Crippen LogP contribution in [-0.2, 0) is 5.41 Å². The minimum Gasteiger partial charge on any atom is -0.506 e. The minimum absolute atomic E-state index is 0.0383. The van der Waals surface area contributed by atoms with E-state index in [4.69, 9.17) is 0 Å². The maximum absolute atomic E-state index is 11.9. The van der Waals surface area contributed by atoms with Crippen molar-refractivity contribution < 1.29 is 9.90 Å². The Labute approximate surface area is 148 Å². The zero-order chi connectivity index (χ0) is 18.6. The molecule has 2 N–H and O–H groups in total. The normalized spacial score (nSPS) is 11.9. The first-order chi connectivity index (χ1) is 11.7. The third-order valence-electron chi connectivity index (χ3n) is 3.66. The van der Waals surface area contributed by atoms with Crippen molar-refractivity contribution in [1.29, 1.82) is 0 Å². The molecule has 132 valence electrons. The number of carbonyl (C=O) groups is 1. The maximum Gasteiger partial charge on any atom is 0.251 e. The van der Waals surface area contributed by atoms with E-state index in [9.17, 15) is 9.90 Å². The number of azo groups is 1. The van der Waals surface area contributed by atoms with Crippen molar-refractivity contribution in [2.75, 3.05) is 0 Å². The van der Waals surface area contributed by atoms with Crippen LogP contribution in [0.15, 0.2) is 52.7 Å². The number of nitrogens with zero attached hydrogens (tertiary/aromatic N) is 2. The number of nitrogens with one attached hydrogen (secondary N) is 1. The van der Waals surface area contributed by atoms with E-state index in [1.54, 1.807) is 30.3 Å². The van der Waals surface area contributed by atoms with E-state index < -0.39 is 0 Å². The summed E-state index contributed by atoms with van der Waals surface area (Å²) < 4.78 is 0. The highest BCUT2D eigenvalue weighted by molar-refractivity contribution is 5.94. The second kappa shape index (κ2) is 7.47. The fraction of sp³-hybridized carbons (Fsp3) is 0.350. The van der Waals surface area contributed by atoms with E-state index in [-0.39, 0.29) is 23.1 Å². The number of rotatable bonds is 4. The van der Waals surface area contributed by atoms with Crippen LogP contribution < -0.4 is 5.32 Å². The second-order valence-corrected chi connectivity index (χ2v) is 7.33. The molecule has 0 heterocycles. The third-order valence-corrected chi connectivity index (χ3v) is 3.66. The summed E-state index contributed by atoms with van der Waals surface area (Å²) in [6.45, 7) is 10.1. The number of benzene rings is 2. The van der Waals surface area contributed by atoms with Crippen LogP contribution in [-0.4, -0.2) is 17.1 Å². The molecule has 0 aliphatic rings. The van der Waals surface area contributed by atoms with E-state index in [1.165, 1.54) is 0 Å². The van der Waals surface area contributed by atoms with Gasteiger partial charge in [0.05, 0.1) is 5.69 Å². The summed E-state index contributed by atoms with van der Waals surface area (Å²) in [5.41, 5.74) is 2.64. The zero-order valence-electron chi connectivity index (χ0n) is 15.4. The van der Waals surface area contributed by atoms with Gasteiger partial charge in [-0.3, -0.25) is 4.79 Å². The van der Waals surface area contributed by atoms with Crippen LogP contribution in [0.25, 0.3) is 0 Å². The number of phenols is 1. The molecular formula is C20H25N3O2.